The Labute approximate surface area is 428 Å². The van der Waals surface area contributed by atoms with Gasteiger partial charge in [0.1, 0.15) is 6.61 Å². The van der Waals surface area contributed by atoms with Crippen LogP contribution >= 0.6 is 0 Å². The maximum absolute atomic E-state index is 13.7. The number of hydrogen-bond donors (Lipinski definition) is 0. The van der Waals surface area contributed by atoms with Gasteiger partial charge in [0.25, 0.3) is 0 Å². The molecule has 0 unspecified atom stereocenters. The number of esters is 6. The normalized spacial score (nSPS) is 14.5. The maximum Gasteiger partial charge on any atom is 0.410 e. The number of carbonyl (C=O) groups excluding carboxylic acids is 7. The van der Waals surface area contributed by atoms with Crippen molar-refractivity contribution >= 4 is 41.9 Å². The van der Waals surface area contributed by atoms with Gasteiger partial charge in [-0.25, -0.2) is 4.79 Å². The first-order valence-electron chi connectivity index (χ1n) is 27.9. The lowest BCUT2D eigenvalue weighted by atomic mass is 10.1. The monoisotopic (exact) mass is 1010 g/mol. The van der Waals surface area contributed by atoms with Gasteiger partial charge in [0.15, 0.2) is 12.2 Å². The van der Waals surface area contributed by atoms with Crippen LogP contribution in [0.1, 0.15) is 220 Å². The van der Waals surface area contributed by atoms with Crippen LogP contribution in [-0.2, 0) is 61.9 Å². The lowest BCUT2D eigenvalue weighted by Gasteiger charge is -2.22. The number of ether oxygens (including phenoxy) is 7. The summed E-state index contributed by atoms with van der Waals surface area (Å²) < 4.78 is 39.7. The fraction of sp³-hybridized carbons (Fsp3) is 0.873. The Morgan fingerprint density at radius 3 is 0.972 bits per heavy atom. The van der Waals surface area contributed by atoms with E-state index < -0.39 is 66.0 Å². The van der Waals surface area contributed by atoms with E-state index in [1.807, 2.05) is 19.0 Å². The summed E-state index contributed by atoms with van der Waals surface area (Å²) >= 11 is 0. The predicted molar refractivity (Wildman–Crippen MR) is 273 cm³/mol. The first kappa shape index (κ1) is 65.1. The molecule has 0 saturated carbocycles. The quantitative estimate of drug-likeness (QED) is 0.0318. The zero-order chi connectivity index (χ0) is 52.3. The molecule has 412 valence electrons. The highest BCUT2D eigenvalue weighted by atomic mass is 16.6. The van der Waals surface area contributed by atoms with Crippen molar-refractivity contribution in [1.82, 2.24) is 9.80 Å². The lowest BCUT2D eigenvalue weighted by molar-refractivity contribution is -0.167. The van der Waals surface area contributed by atoms with Crippen LogP contribution in [0.25, 0.3) is 0 Å². The van der Waals surface area contributed by atoms with Crippen molar-refractivity contribution in [1.29, 1.82) is 0 Å². The van der Waals surface area contributed by atoms with Crippen LogP contribution in [0.2, 0.25) is 0 Å². The number of amides is 1. The van der Waals surface area contributed by atoms with Crippen molar-refractivity contribution in [3.05, 3.63) is 0 Å². The Bertz CT molecular complexity index is 1290. The zero-order valence-corrected chi connectivity index (χ0v) is 45.3. The van der Waals surface area contributed by atoms with Gasteiger partial charge in [0.2, 0.25) is 0 Å². The molecular weight excluding hydrogens is 913 g/mol. The molecule has 0 N–H and O–H groups in total. The van der Waals surface area contributed by atoms with Gasteiger partial charge in [0.05, 0.1) is 52.4 Å². The standard InChI is InChI=1S/C55H98N2O14/c1-7-11-15-19-23-27-31-49(58)66-41-45(42-67-50(59)32-28-24-20-16-12-8-2)37-53(62)70-47-39-57(55(64)65-36-35-56(5)6)40-48(47)71-54(63)38-46(43-68-51(60)33-29-25-21-17-13-9-3)44-69-52(61)34-30-26-22-18-14-10-4/h45-48H,7-44H2,1-6H3/t47-,48+. The number of hydrogen-bond acceptors (Lipinski definition) is 15. The van der Waals surface area contributed by atoms with Gasteiger partial charge in [0, 0.05) is 44.1 Å². The minimum Gasteiger partial charge on any atom is -0.465 e. The van der Waals surface area contributed by atoms with Crippen LogP contribution in [0.5, 0.6) is 0 Å². The van der Waals surface area contributed by atoms with Crippen LogP contribution < -0.4 is 0 Å². The van der Waals surface area contributed by atoms with E-state index in [0.717, 1.165) is 128 Å². The van der Waals surface area contributed by atoms with Crippen LogP contribution in [-0.4, -0.2) is 131 Å². The summed E-state index contributed by atoms with van der Waals surface area (Å²) in [4.78, 5) is 94.8. The molecule has 2 atom stereocenters. The highest BCUT2D eigenvalue weighted by molar-refractivity contribution is 5.74. The molecule has 0 radical (unpaired) electrons. The molecule has 1 amide bonds. The molecule has 71 heavy (non-hydrogen) atoms. The van der Waals surface area contributed by atoms with Crippen LogP contribution in [0.4, 0.5) is 4.79 Å². The smallest absolute Gasteiger partial charge is 0.410 e. The van der Waals surface area contributed by atoms with Gasteiger partial charge in [-0.15, -0.1) is 0 Å². The molecule has 0 spiro atoms. The predicted octanol–water partition coefficient (Wildman–Crippen LogP) is 11.0. The minimum atomic E-state index is -1.09. The molecule has 0 aliphatic carbocycles. The summed E-state index contributed by atoms with van der Waals surface area (Å²) in [7, 11) is 3.69. The second-order valence-corrected chi connectivity index (χ2v) is 19.8. The summed E-state index contributed by atoms with van der Waals surface area (Å²) in [5.74, 6) is -4.49. The Hall–Kier alpha value is -3.95. The number of likely N-dealkylation sites (N-methyl/N-ethyl adjacent to an activating group) is 1. The molecule has 0 aromatic rings. The largest absolute Gasteiger partial charge is 0.465 e. The molecule has 0 aromatic heterocycles. The van der Waals surface area contributed by atoms with Crippen LogP contribution in [0.3, 0.4) is 0 Å². The highest BCUT2D eigenvalue weighted by Crippen LogP contribution is 2.23. The van der Waals surface area contributed by atoms with Crippen molar-refractivity contribution in [2.75, 3.05) is 66.8 Å². The molecule has 16 nitrogen and oxygen atoms in total. The van der Waals surface area contributed by atoms with E-state index in [4.69, 9.17) is 33.2 Å². The van der Waals surface area contributed by atoms with Crippen molar-refractivity contribution < 1.29 is 66.7 Å². The Kier molecular flexibility index (Phi) is 40.0. The van der Waals surface area contributed by atoms with Crippen LogP contribution in [0, 0.1) is 11.8 Å². The first-order valence-corrected chi connectivity index (χ1v) is 27.9. The van der Waals surface area contributed by atoms with Gasteiger partial charge in [-0.1, -0.05) is 156 Å². The van der Waals surface area contributed by atoms with E-state index in [0.29, 0.717) is 32.2 Å². The van der Waals surface area contributed by atoms with E-state index in [2.05, 4.69) is 27.7 Å². The third-order valence-corrected chi connectivity index (χ3v) is 12.6. The maximum atomic E-state index is 13.7. The highest BCUT2D eigenvalue weighted by Gasteiger charge is 2.42. The second-order valence-electron chi connectivity index (χ2n) is 19.8. The van der Waals surface area contributed by atoms with Gasteiger partial charge in [-0.05, 0) is 39.8 Å². The number of nitrogens with zero attached hydrogens (tertiary/aromatic N) is 2. The van der Waals surface area contributed by atoms with Crippen molar-refractivity contribution in [3.8, 4) is 0 Å². The summed E-state index contributed by atoms with van der Waals surface area (Å²) in [6.07, 6.45) is 21.7. The Balaban J connectivity index is 3.13. The van der Waals surface area contributed by atoms with Gasteiger partial charge in [-0.2, -0.15) is 0 Å². The molecule has 1 aliphatic rings. The Morgan fingerprint density at radius 1 is 0.408 bits per heavy atom. The zero-order valence-electron chi connectivity index (χ0n) is 45.3. The molecule has 0 bridgehead atoms. The van der Waals surface area contributed by atoms with E-state index >= 15 is 0 Å². The number of unbranched alkanes of at least 4 members (excludes halogenated alkanes) is 20. The third kappa shape index (κ3) is 36.6. The van der Waals surface area contributed by atoms with E-state index in [1.165, 1.54) is 4.90 Å². The summed E-state index contributed by atoms with van der Waals surface area (Å²) in [5, 5.41) is 0. The molecule has 1 aliphatic heterocycles. The summed E-state index contributed by atoms with van der Waals surface area (Å²) in [5.41, 5.74) is 0. The number of carbonyl (C=O) groups is 7. The topological polar surface area (TPSA) is 191 Å². The second kappa shape index (κ2) is 43.6. The van der Waals surface area contributed by atoms with Crippen LogP contribution in [0.15, 0.2) is 0 Å². The molecule has 16 heteroatoms. The van der Waals surface area contributed by atoms with E-state index in [1.54, 1.807) is 0 Å². The van der Waals surface area contributed by atoms with Crippen molar-refractivity contribution in [2.45, 2.75) is 233 Å². The fourth-order valence-corrected chi connectivity index (χ4v) is 8.09. The molecule has 0 aromatic carbocycles. The average molecular weight is 1010 g/mol. The van der Waals surface area contributed by atoms with Gasteiger partial charge >= 0.3 is 41.9 Å². The average Bonchev–Trinajstić information content (AvgIpc) is 3.73. The summed E-state index contributed by atoms with van der Waals surface area (Å²) in [6.45, 7) is 8.21. The number of likely N-dealkylation sites (tertiary alicyclic amines) is 1. The molecule has 1 saturated heterocycles. The minimum absolute atomic E-state index is 0.102. The molecule has 1 fully saturated rings. The number of rotatable bonds is 45. The molecular formula is C55H98N2O14. The van der Waals surface area contributed by atoms with Gasteiger partial charge < -0.3 is 43.0 Å². The van der Waals surface area contributed by atoms with E-state index in [-0.39, 0.29) is 84.6 Å². The van der Waals surface area contributed by atoms with E-state index in [9.17, 15) is 33.6 Å². The lowest BCUT2D eigenvalue weighted by Crippen LogP contribution is -2.36. The SMILES string of the molecule is CCCCCCCCC(=O)OCC(COC(=O)CCCCCCCC)CC(=O)O[C@H]1CN(C(=O)OCCN(C)C)C[C@H]1OC(=O)CC(COC(=O)CCCCCCCC)COC(=O)CCCCCCCC. The molecule has 1 rings (SSSR count). The van der Waals surface area contributed by atoms with Crippen molar-refractivity contribution in [2.24, 2.45) is 11.8 Å². The first-order chi connectivity index (χ1) is 34.3. The fourth-order valence-electron chi connectivity index (χ4n) is 8.09. The summed E-state index contributed by atoms with van der Waals surface area (Å²) in [6, 6.07) is 0. The van der Waals surface area contributed by atoms with Gasteiger partial charge in [-0.3, -0.25) is 28.8 Å². The Morgan fingerprint density at radius 2 is 0.690 bits per heavy atom. The van der Waals surface area contributed by atoms with Crippen molar-refractivity contribution in [3.63, 3.8) is 0 Å². The third-order valence-electron chi connectivity index (χ3n) is 12.6. The molecule has 1 heterocycles.